The molecule has 12 heteroatoms. The number of amides is 1. The number of carbonyl (C=O) groups is 2. The number of ether oxygens (including phenoxy) is 1. The van der Waals surface area contributed by atoms with E-state index >= 15 is 0 Å². The van der Waals surface area contributed by atoms with Gasteiger partial charge < -0.3 is 24.7 Å². The van der Waals surface area contributed by atoms with Crippen LogP contribution in [0.2, 0.25) is 0 Å². The van der Waals surface area contributed by atoms with Crippen LogP contribution in [-0.4, -0.2) is 53.9 Å². The van der Waals surface area contributed by atoms with Gasteiger partial charge in [-0.1, -0.05) is 12.0 Å². The van der Waals surface area contributed by atoms with Gasteiger partial charge >= 0.3 is 23.8 Å². The van der Waals surface area contributed by atoms with Crippen molar-refractivity contribution in [3.63, 3.8) is 0 Å². The molecule has 2 aromatic rings. The van der Waals surface area contributed by atoms with Crippen LogP contribution >= 0.6 is 0 Å². The van der Waals surface area contributed by atoms with Crippen LogP contribution in [0.5, 0.6) is 0 Å². The number of alkyl halides is 1. The molecule has 2 aromatic heterocycles. The molecule has 0 spiro atoms. The van der Waals surface area contributed by atoms with Gasteiger partial charge in [-0.25, -0.2) is 13.8 Å². The van der Waals surface area contributed by atoms with Gasteiger partial charge in [-0.05, 0) is 50.5 Å². The number of halogens is 2. The molecule has 1 aliphatic rings. The average Bonchev–Trinajstić information content (AvgIpc) is 3.35. The second-order valence-corrected chi connectivity index (χ2v) is 8.23. The molecule has 1 saturated heterocycles. The van der Waals surface area contributed by atoms with Crippen LogP contribution in [0.3, 0.4) is 0 Å². The van der Waals surface area contributed by atoms with E-state index in [0.717, 1.165) is 11.9 Å². The Hall–Kier alpha value is -3.83. The van der Waals surface area contributed by atoms with Crippen molar-refractivity contribution in [1.82, 2.24) is 15.2 Å². The number of pyridine rings is 1. The minimum atomic E-state index is -1.19. The van der Waals surface area contributed by atoms with Crippen LogP contribution in [0, 0.1) is 5.41 Å². The molecule has 188 valence electrons. The van der Waals surface area contributed by atoms with Gasteiger partial charge in [0.15, 0.2) is 0 Å². The Morgan fingerprint density at radius 1 is 1.23 bits per heavy atom. The van der Waals surface area contributed by atoms with Gasteiger partial charge in [0.05, 0.1) is 24.4 Å². The van der Waals surface area contributed by atoms with E-state index in [4.69, 9.17) is 9.15 Å². The van der Waals surface area contributed by atoms with Gasteiger partial charge in [0, 0.05) is 18.8 Å². The number of hydrogen-bond donors (Lipinski definition) is 2. The van der Waals surface area contributed by atoms with Crippen molar-refractivity contribution in [2.24, 2.45) is 5.41 Å². The molecule has 10 nitrogen and oxygen atoms in total. The lowest BCUT2D eigenvalue weighted by Crippen LogP contribution is -2.43. The summed E-state index contributed by atoms with van der Waals surface area (Å²) in [5, 5.41) is 12.8. The molecule has 0 aliphatic carbocycles. The Balaban J connectivity index is 1.57. The highest BCUT2D eigenvalue weighted by Crippen LogP contribution is 2.33. The summed E-state index contributed by atoms with van der Waals surface area (Å²) in [5.74, 6) is -1.29. The minimum Gasteiger partial charge on any atom is -0.469 e. The smallest absolute Gasteiger partial charge is 0.320 e. The normalized spacial score (nSPS) is 16.1. The Morgan fingerprint density at radius 3 is 2.57 bits per heavy atom. The Bertz CT molecular complexity index is 1090. The van der Waals surface area contributed by atoms with Crippen molar-refractivity contribution >= 4 is 29.4 Å². The summed E-state index contributed by atoms with van der Waals surface area (Å²) in [7, 11) is 1.40. The molecule has 1 fully saturated rings. The average molecular weight is 491 g/mol. The first kappa shape index (κ1) is 25.8. The van der Waals surface area contributed by atoms with Crippen molar-refractivity contribution in [2.45, 2.75) is 33.1 Å². The number of rotatable bonds is 9. The topological polar surface area (TPSA) is 122 Å². The van der Waals surface area contributed by atoms with Crippen molar-refractivity contribution < 1.29 is 27.5 Å². The van der Waals surface area contributed by atoms with E-state index in [-0.39, 0.29) is 17.9 Å². The van der Waals surface area contributed by atoms with Gasteiger partial charge in [-0.2, -0.15) is 0 Å². The second kappa shape index (κ2) is 11.5. The summed E-state index contributed by atoms with van der Waals surface area (Å²) in [4.78, 5) is 30.9. The van der Waals surface area contributed by atoms with Crippen molar-refractivity contribution in [3.8, 4) is 0 Å². The number of allylic oxidation sites excluding steroid dienone is 4. The molecule has 0 radical (unpaired) electrons. The van der Waals surface area contributed by atoms with E-state index < -0.39 is 23.8 Å². The highest BCUT2D eigenvalue weighted by molar-refractivity contribution is 6.00. The monoisotopic (exact) mass is 490 g/mol. The van der Waals surface area contributed by atoms with Gasteiger partial charge in [0.25, 0.3) is 0 Å². The summed E-state index contributed by atoms with van der Waals surface area (Å²) in [5.41, 5.74) is 0.434. The second-order valence-electron chi connectivity index (χ2n) is 8.23. The lowest BCUT2D eigenvalue weighted by molar-refractivity contribution is -0.152. The zero-order chi connectivity index (χ0) is 25.4. The van der Waals surface area contributed by atoms with Crippen LogP contribution in [0.15, 0.2) is 46.4 Å². The predicted octanol–water partition coefficient (Wildman–Crippen LogP) is 4.03. The van der Waals surface area contributed by atoms with E-state index in [0.29, 0.717) is 43.7 Å². The minimum absolute atomic E-state index is 0.0603. The number of methoxy groups -OCH3 is 1. The van der Waals surface area contributed by atoms with Gasteiger partial charge in [0.1, 0.15) is 18.3 Å². The molecule has 0 saturated carbocycles. The van der Waals surface area contributed by atoms with E-state index in [1.807, 2.05) is 6.92 Å². The molecule has 3 rings (SSSR count). The third kappa shape index (κ3) is 6.61. The van der Waals surface area contributed by atoms with E-state index in [1.54, 1.807) is 19.1 Å². The molecule has 0 aromatic carbocycles. The number of carbonyl (C=O) groups excluding carboxylic acids is 2. The molecule has 1 aliphatic heterocycles. The summed E-state index contributed by atoms with van der Waals surface area (Å²) in [6.45, 7) is 3.83. The maximum Gasteiger partial charge on any atom is 0.320 e. The third-order valence-corrected chi connectivity index (χ3v) is 5.74. The number of esters is 1. The Morgan fingerprint density at radius 2 is 1.97 bits per heavy atom. The lowest BCUT2D eigenvalue weighted by Gasteiger charge is -2.37. The van der Waals surface area contributed by atoms with Gasteiger partial charge in [-0.15, -0.1) is 5.10 Å². The third-order valence-electron chi connectivity index (χ3n) is 5.74. The zero-order valence-electron chi connectivity index (χ0n) is 19.8. The number of nitrogens with one attached hydrogen (secondary N) is 2. The number of piperidine rings is 1. The van der Waals surface area contributed by atoms with Crippen LogP contribution in [0.25, 0.3) is 0 Å². The molecule has 2 N–H and O–H groups in total. The summed E-state index contributed by atoms with van der Waals surface area (Å²) in [6.07, 6.45) is 5.63. The van der Waals surface area contributed by atoms with Crippen LogP contribution in [-0.2, 0) is 9.53 Å². The number of nitrogens with zero attached hydrogens (tertiary/aromatic N) is 4. The Labute approximate surface area is 201 Å². The van der Waals surface area contributed by atoms with Gasteiger partial charge in [-0.3, -0.25) is 9.59 Å². The highest BCUT2D eigenvalue weighted by atomic mass is 19.2. The molecule has 35 heavy (non-hydrogen) atoms. The SMILES string of the molecule is CC/C(=C\C=C(\F)CF)Nc1nnc(C(=O)Nc2ccc(N3CCC(C)(C(=O)OC)CC3)nc2)o1. The van der Waals surface area contributed by atoms with Crippen molar-refractivity contribution in [3.05, 3.63) is 47.9 Å². The Kier molecular flexibility index (Phi) is 8.50. The standard InChI is InChI=1S/C23H28F2N6O4/c1-4-16(6-5-15(25)13-24)28-22-30-29-20(35-22)19(32)27-17-7-8-18(26-14-17)31-11-9-23(2,10-12-31)21(33)34-3/h5-8,14H,4,9-13H2,1-3H3,(H,27,32)(H,28,30)/b15-5+,16-6+. The van der Waals surface area contributed by atoms with E-state index in [2.05, 4.69) is 30.7 Å². The first-order valence-electron chi connectivity index (χ1n) is 11.1. The molecule has 0 bridgehead atoms. The fourth-order valence-corrected chi connectivity index (χ4v) is 3.50. The predicted molar refractivity (Wildman–Crippen MR) is 125 cm³/mol. The molecule has 3 heterocycles. The molecular formula is C23H28F2N6O4. The molecular weight excluding hydrogens is 462 g/mol. The summed E-state index contributed by atoms with van der Waals surface area (Å²) < 4.78 is 35.4. The van der Waals surface area contributed by atoms with Crippen molar-refractivity contribution in [2.75, 3.05) is 42.4 Å². The van der Waals surface area contributed by atoms with Crippen LogP contribution < -0.4 is 15.5 Å². The first-order valence-corrected chi connectivity index (χ1v) is 11.1. The maximum atomic E-state index is 13.0. The number of hydrogen-bond acceptors (Lipinski definition) is 9. The fourth-order valence-electron chi connectivity index (χ4n) is 3.50. The zero-order valence-corrected chi connectivity index (χ0v) is 19.8. The van der Waals surface area contributed by atoms with E-state index in [9.17, 15) is 18.4 Å². The largest absolute Gasteiger partial charge is 0.469 e. The van der Waals surface area contributed by atoms with Crippen LogP contribution in [0.4, 0.5) is 26.3 Å². The van der Waals surface area contributed by atoms with Gasteiger partial charge in [0.2, 0.25) is 0 Å². The lowest BCUT2D eigenvalue weighted by atomic mass is 9.80. The quantitative estimate of drug-likeness (QED) is 0.396. The molecule has 0 unspecified atom stereocenters. The maximum absolute atomic E-state index is 13.0. The number of aromatic nitrogens is 3. The fraction of sp³-hybridized carbons (Fsp3) is 0.435. The van der Waals surface area contributed by atoms with Crippen LogP contribution in [0.1, 0.15) is 43.8 Å². The number of anilines is 3. The summed E-state index contributed by atoms with van der Waals surface area (Å²) >= 11 is 0. The van der Waals surface area contributed by atoms with E-state index in [1.165, 1.54) is 19.4 Å². The summed E-state index contributed by atoms with van der Waals surface area (Å²) in [6, 6.07) is 3.42. The molecule has 1 amide bonds. The highest BCUT2D eigenvalue weighted by Gasteiger charge is 2.38. The molecule has 0 atom stereocenters. The van der Waals surface area contributed by atoms with Crippen molar-refractivity contribution in [1.29, 1.82) is 0 Å². The first-order chi connectivity index (χ1) is 16.8.